The van der Waals surface area contributed by atoms with E-state index in [2.05, 4.69) is 372 Å². The Bertz CT molecular complexity index is 8640. The van der Waals surface area contributed by atoms with Crippen LogP contribution in [0.15, 0.2) is 432 Å². The molecule has 0 saturated heterocycles. The third kappa shape index (κ3) is 13.9. The molecule has 0 fully saturated rings. The lowest BCUT2D eigenvalue weighted by molar-refractivity contribution is 0.657. The van der Waals surface area contributed by atoms with Crippen LogP contribution in [0.5, 0.6) is 0 Å². The Kier molecular flexibility index (Phi) is 19.6. The van der Waals surface area contributed by atoms with Crippen LogP contribution in [-0.4, -0.2) is 44.9 Å². The number of nitrogens with zero attached hydrogens (tertiary/aromatic N) is 9. The fourth-order valence-electron chi connectivity index (χ4n) is 21.3. The van der Waals surface area contributed by atoms with E-state index in [4.69, 9.17) is 43.2 Å². The first kappa shape index (κ1) is 82.3. The van der Waals surface area contributed by atoms with E-state index in [1.165, 1.54) is 27.8 Å². The quantitative estimate of drug-likeness (QED) is 0.114. The number of rotatable bonds is 12. The van der Waals surface area contributed by atoms with Gasteiger partial charge in [0.25, 0.3) is 0 Å². The summed E-state index contributed by atoms with van der Waals surface area (Å²) in [5.74, 6) is 2.12. The molecule has 0 bridgehead atoms. The Morgan fingerprint density at radius 3 is 0.899 bits per heavy atom. The Balaban J connectivity index is 0.000000110. The summed E-state index contributed by atoms with van der Waals surface area (Å²) in [5, 5.41) is 6.74. The Morgan fingerprint density at radius 2 is 0.500 bits per heavy atom. The largest absolute Gasteiger partial charge is 0.455 e. The maximum Gasteiger partial charge on any atom is 0.160 e. The highest BCUT2D eigenvalue weighted by Crippen LogP contribution is 2.56. The van der Waals surface area contributed by atoms with E-state index in [1.54, 1.807) is 6.20 Å². The fourth-order valence-corrected chi connectivity index (χ4v) is 21.3. The Morgan fingerprint density at radius 1 is 0.196 bits per heavy atom. The third-order valence-electron chi connectivity index (χ3n) is 28.1. The van der Waals surface area contributed by atoms with Gasteiger partial charge in [-0.1, -0.05) is 357 Å². The van der Waals surface area contributed by atoms with Gasteiger partial charge in [-0.25, -0.2) is 29.9 Å². The molecule has 0 atom stereocenters. The van der Waals surface area contributed by atoms with Gasteiger partial charge in [0.15, 0.2) is 17.5 Å². The van der Waals surface area contributed by atoms with Crippen molar-refractivity contribution in [3.8, 4) is 169 Å². The number of aromatic nitrogens is 9. The first-order chi connectivity index (χ1) is 67.7. The van der Waals surface area contributed by atoms with Gasteiger partial charge >= 0.3 is 0 Å². The highest BCUT2D eigenvalue weighted by Gasteiger charge is 2.44. The van der Waals surface area contributed by atoms with Crippen LogP contribution in [0.2, 0.25) is 0 Å². The summed E-state index contributed by atoms with van der Waals surface area (Å²) in [6, 6.07) is 135. The van der Waals surface area contributed by atoms with Gasteiger partial charge in [-0.05, 0) is 128 Å². The standard InChI is InChI=1S/3C42H29N3O/c1-42(2)35-17-5-3-14-34(35)39-37(42)38(44-41(45-39)27-21-19-26(20-22-27)30-12-9-23-43-25-30)29-11-7-10-28(24-29)31-15-8-16-33-32-13-4-6-18-36(32)46-40(31)33;1-42(2)35-15-5-3-12-34(35)39-37(42)38(44-41(45-39)28-19-17-26(18-20-28)27-21-23-43-24-22-27)30-10-7-9-29(25-30)31-13-8-14-33-32-11-4-6-16-36(32)46-40(31)33;1-42(2)34-20-5-3-17-33(34)39-37(42)38(44-41(45-39)29-15-10-13-27(25-29)35-21-7-8-23-43-35)28-14-9-12-26(24-28)30-18-11-19-32-31-16-4-6-22-36(31)46-40(30)32/h3*3-25H,1-2H3. The summed E-state index contributed by atoms with van der Waals surface area (Å²) in [6.45, 7) is 13.7. The van der Waals surface area contributed by atoms with Crippen LogP contribution in [0, 0.1) is 0 Å². The van der Waals surface area contributed by atoms with Gasteiger partial charge in [0, 0.05) is 169 Å². The lowest BCUT2D eigenvalue weighted by atomic mass is 9.80. The van der Waals surface area contributed by atoms with Crippen LogP contribution < -0.4 is 0 Å². The molecule has 3 aliphatic carbocycles. The van der Waals surface area contributed by atoms with E-state index in [1.807, 2.05) is 97.6 Å². The number of para-hydroxylation sites is 6. The Labute approximate surface area is 797 Å². The molecule has 0 aliphatic heterocycles. The Hall–Kier alpha value is -17.6. The second-order valence-corrected chi connectivity index (χ2v) is 37.4. The molecule has 0 N–H and O–H groups in total. The molecule has 0 spiro atoms. The van der Waals surface area contributed by atoms with Crippen LogP contribution in [0.1, 0.15) is 74.9 Å². The molecule has 15 aromatic carbocycles. The topological polar surface area (TPSA) is 155 Å². The summed E-state index contributed by atoms with van der Waals surface area (Å²) in [4.78, 5) is 44.9. The minimum absolute atomic E-state index is 0.264. The fraction of sp³-hybridized carbons (Fsp3) is 0.0714. The normalized spacial score (nSPS) is 13.2. The number of pyridine rings is 3. The number of hydrogen-bond acceptors (Lipinski definition) is 12. The lowest BCUT2D eigenvalue weighted by Crippen LogP contribution is -2.17. The zero-order valence-electron chi connectivity index (χ0n) is 76.6. The number of benzene rings is 15. The average molecular weight is 1780 g/mol. The molecule has 0 radical (unpaired) electrons. The third-order valence-corrected chi connectivity index (χ3v) is 28.1. The van der Waals surface area contributed by atoms with Crippen LogP contribution in [0.4, 0.5) is 0 Å². The molecule has 0 amide bonds. The molecule has 0 saturated carbocycles. The van der Waals surface area contributed by atoms with Crippen molar-refractivity contribution < 1.29 is 13.3 Å². The average Bonchev–Trinajstić information content (AvgIpc) is 1.57. The summed E-state index contributed by atoms with van der Waals surface area (Å²) in [5.41, 5.74) is 40.1. The smallest absolute Gasteiger partial charge is 0.160 e. The van der Waals surface area contributed by atoms with Crippen molar-refractivity contribution in [1.82, 2.24) is 44.9 Å². The second kappa shape index (κ2) is 32.9. The summed E-state index contributed by atoms with van der Waals surface area (Å²) < 4.78 is 19.3. The first-order valence-corrected chi connectivity index (χ1v) is 46.8. The summed E-state index contributed by atoms with van der Waals surface area (Å²) >= 11 is 0. The van der Waals surface area contributed by atoms with Gasteiger partial charge in [-0.15, -0.1) is 0 Å². The van der Waals surface area contributed by atoms with Gasteiger partial charge in [-0.2, -0.15) is 0 Å². The van der Waals surface area contributed by atoms with Crippen LogP contribution in [0.25, 0.3) is 234 Å². The number of hydrogen-bond donors (Lipinski definition) is 0. The van der Waals surface area contributed by atoms with Gasteiger partial charge in [0.05, 0.1) is 39.9 Å². The van der Waals surface area contributed by atoms with Gasteiger partial charge in [-0.3, -0.25) is 15.0 Å². The van der Waals surface area contributed by atoms with Crippen molar-refractivity contribution in [3.63, 3.8) is 0 Å². The molecule has 27 rings (SSSR count). The van der Waals surface area contributed by atoms with E-state index >= 15 is 0 Å². The minimum Gasteiger partial charge on any atom is -0.455 e. The molecular formula is C126H87N9O3. The second-order valence-electron chi connectivity index (χ2n) is 37.4. The van der Waals surface area contributed by atoms with Crippen molar-refractivity contribution in [2.24, 2.45) is 0 Å². The van der Waals surface area contributed by atoms with Gasteiger partial charge in [0.1, 0.15) is 33.5 Å². The molecule has 9 heterocycles. The summed E-state index contributed by atoms with van der Waals surface area (Å²) in [6.07, 6.45) is 9.15. The first-order valence-electron chi connectivity index (χ1n) is 46.8. The highest BCUT2D eigenvalue weighted by molar-refractivity contribution is 6.12. The molecule has 0 unspecified atom stereocenters. The molecule has 654 valence electrons. The SMILES string of the molecule is CC1(C)c2ccccc2-c2nc(-c3ccc(-c4cccnc4)cc3)nc(-c3cccc(-c4cccc5c4oc4ccccc45)c3)c21.CC1(C)c2ccccc2-c2nc(-c3ccc(-c4ccncc4)cc3)nc(-c3cccc(-c4cccc5c4oc4ccccc45)c3)c21.CC1(C)c2ccccc2-c2nc(-c3cccc(-c4ccccn4)c3)nc(-c3cccc(-c4cccc5c4oc4ccccc45)c3)c21. The van der Waals surface area contributed by atoms with Crippen molar-refractivity contribution in [2.75, 3.05) is 0 Å². The van der Waals surface area contributed by atoms with E-state index in [-0.39, 0.29) is 16.2 Å². The van der Waals surface area contributed by atoms with Crippen molar-refractivity contribution in [2.45, 2.75) is 57.8 Å². The van der Waals surface area contributed by atoms with Crippen molar-refractivity contribution in [1.29, 1.82) is 0 Å². The molecular weight excluding hydrogens is 1690 g/mol. The van der Waals surface area contributed by atoms with E-state index in [0.29, 0.717) is 17.5 Å². The molecule has 12 nitrogen and oxygen atoms in total. The number of furan rings is 3. The molecule has 24 aromatic rings. The van der Waals surface area contributed by atoms with Crippen LogP contribution >= 0.6 is 0 Å². The number of fused-ring (bicyclic) bond motifs is 18. The highest BCUT2D eigenvalue weighted by atomic mass is 16.3. The van der Waals surface area contributed by atoms with E-state index in [0.717, 1.165) is 223 Å². The van der Waals surface area contributed by atoms with Crippen molar-refractivity contribution in [3.05, 3.63) is 453 Å². The lowest BCUT2D eigenvalue weighted by Gasteiger charge is -2.24. The van der Waals surface area contributed by atoms with Gasteiger partial charge < -0.3 is 13.3 Å². The molecule has 3 aliphatic rings. The zero-order valence-corrected chi connectivity index (χ0v) is 76.6. The predicted octanol–water partition coefficient (Wildman–Crippen LogP) is 32.2. The minimum atomic E-state index is -0.273. The van der Waals surface area contributed by atoms with Crippen LogP contribution in [-0.2, 0) is 16.2 Å². The van der Waals surface area contributed by atoms with Crippen molar-refractivity contribution >= 4 is 65.8 Å². The molecule has 12 heteroatoms. The van der Waals surface area contributed by atoms with Crippen LogP contribution in [0.3, 0.4) is 0 Å². The maximum absolute atomic E-state index is 6.43. The molecule has 9 aromatic heterocycles. The van der Waals surface area contributed by atoms with Gasteiger partial charge in [0.2, 0.25) is 0 Å². The van der Waals surface area contributed by atoms with E-state index < -0.39 is 0 Å². The maximum atomic E-state index is 6.43. The van der Waals surface area contributed by atoms with E-state index in [9.17, 15) is 0 Å². The summed E-state index contributed by atoms with van der Waals surface area (Å²) in [7, 11) is 0. The zero-order chi connectivity index (χ0) is 92.5. The predicted molar refractivity (Wildman–Crippen MR) is 559 cm³/mol. The monoisotopic (exact) mass is 1770 g/mol. The molecule has 138 heavy (non-hydrogen) atoms.